The molecule has 23 heavy (non-hydrogen) atoms. The van der Waals surface area contributed by atoms with E-state index in [4.69, 9.17) is 0 Å². The van der Waals surface area contributed by atoms with Gasteiger partial charge in [0.2, 0.25) is 0 Å². The molecular formula is C16H19N3O3S. The van der Waals surface area contributed by atoms with Crippen LogP contribution in [0.5, 0.6) is 0 Å². The van der Waals surface area contributed by atoms with Crippen LogP contribution in [0.15, 0.2) is 53.7 Å². The highest BCUT2D eigenvalue weighted by Gasteiger charge is 2.18. The Morgan fingerprint density at radius 1 is 1.17 bits per heavy atom. The molecule has 0 aliphatic heterocycles. The fourth-order valence-corrected chi connectivity index (χ4v) is 2.74. The first kappa shape index (κ1) is 17.0. The van der Waals surface area contributed by atoms with Crippen LogP contribution < -0.4 is 4.72 Å². The van der Waals surface area contributed by atoms with Gasteiger partial charge in [-0.05, 0) is 36.4 Å². The number of sulfonamides is 1. The molecule has 1 aromatic heterocycles. The van der Waals surface area contributed by atoms with Gasteiger partial charge in [-0.1, -0.05) is 0 Å². The van der Waals surface area contributed by atoms with Crippen molar-refractivity contribution < 1.29 is 13.2 Å². The number of anilines is 1. The van der Waals surface area contributed by atoms with Gasteiger partial charge in [0.05, 0.1) is 16.8 Å². The summed E-state index contributed by atoms with van der Waals surface area (Å²) in [6.45, 7) is 5.40. The molecule has 0 saturated carbocycles. The number of hydrogen-bond acceptors (Lipinski definition) is 4. The predicted octanol–water partition coefficient (Wildman–Crippen LogP) is 2.61. The van der Waals surface area contributed by atoms with Crippen LogP contribution in [-0.4, -0.2) is 29.9 Å². The highest BCUT2D eigenvalue weighted by atomic mass is 32.2. The summed E-state index contributed by atoms with van der Waals surface area (Å²) in [5, 5.41) is 11.9. The lowest BCUT2D eigenvalue weighted by molar-refractivity contribution is -0.530. The van der Waals surface area contributed by atoms with Gasteiger partial charge in [-0.2, -0.15) is 0 Å². The molecule has 1 heterocycles. The normalized spacial score (nSPS) is 12.9. The molecule has 0 aliphatic rings. The van der Waals surface area contributed by atoms with Gasteiger partial charge in [0, 0.05) is 32.5 Å². The molecule has 0 fully saturated rings. The molecule has 0 bridgehead atoms. The molecule has 0 spiro atoms. The van der Waals surface area contributed by atoms with Crippen molar-refractivity contribution in [3.8, 4) is 0 Å². The Balaban J connectivity index is 2.22. The zero-order valence-electron chi connectivity index (χ0n) is 13.2. The van der Waals surface area contributed by atoms with Crippen LogP contribution in [0.1, 0.15) is 26.3 Å². The molecule has 6 nitrogen and oxygen atoms in total. The molecule has 1 N–H and O–H groups in total. The SMILES string of the molecule is CC(C)(C)[N+]([O-])=Cc1ccc(S(=O)(=O)Nc2cccnc2)cc1. The van der Waals surface area contributed by atoms with Crippen LogP contribution in [-0.2, 0) is 10.0 Å². The van der Waals surface area contributed by atoms with Crippen LogP contribution in [0.4, 0.5) is 5.69 Å². The van der Waals surface area contributed by atoms with Crippen molar-refractivity contribution in [1.82, 2.24) is 4.98 Å². The maximum atomic E-state index is 12.3. The number of aromatic nitrogens is 1. The zero-order chi connectivity index (χ0) is 17.1. The molecule has 2 aromatic rings. The smallest absolute Gasteiger partial charge is 0.261 e. The monoisotopic (exact) mass is 333 g/mol. The Kier molecular flexibility index (Phi) is 4.70. The number of pyridine rings is 1. The van der Waals surface area contributed by atoms with Crippen LogP contribution in [0.25, 0.3) is 0 Å². The summed E-state index contributed by atoms with van der Waals surface area (Å²) in [4.78, 5) is 3.98. The van der Waals surface area contributed by atoms with E-state index in [9.17, 15) is 13.6 Å². The van der Waals surface area contributed by atoms with Crippen molar-refractivity contribution in [3.63, 3.8) is 0 Å². The standard InChI is InChI=1S/C16H19N3O3S/c1-16(2,3)19(20)12-13-6-8-15(9-7-13)23(21,22)18-14-5-4-10-17-11-14/h4-12,18H,1-3H3. The first-order chi connectivity index (χ1) is 10.7. The number of benzene rings is 1. The van der Waals surface area contributed by atoms with Gasteiger partial charge < -0.3 is 5.21 Å². The third kappa shape index (κ3) is 4.53. The minimum absolute atomic E-state index is 0.117. The van der Waals surface area contributed by atoms with Crippen molar-refractivity contribution in [1.29, 1.82) is 0 Å². The minimum Gasteiger partial charge on any atom is -0.623 e. The Labute approximate surface area is 136 Å². The van der Waals surface area contributed by atoms with Gasteiger partial charge in [0.25, 0.3) is 10.0 Å². The average Bonchev–Trinajstić information content (AvgIpc) is 2.47. The quantitative estimate of drug-likeness (QED) is 0.403. The molecule has 2 rings (SSSR count). The lowest BCUT2D eigenvalue weighted by Crippen LogP contribution is -2.29. The Bertz CT molecular complexity index is 793. The number of hydrogen-bond donors (Lipinski definition) is 1. The Morgan fingerprint density at radius 3 is 2.35 bits per heavy atom. The summed E-state index contributed by atoms with van der Waals surface area (Å²) in [5.74, 6) is 0. The van der Waals surface area contributed by atoms with Gasteiger partial charge in [-0.15, -0.1) is 0 Å². The minimum atomic E-state index is -3.68. The summed E-state index contributed by atoms with van der Waals surface area (Å²) in [7, 11) is -3.68. The first-order valence-electron chi connectivity index (χ1n) is 7.03. The van der Waals surface area contributed by atoms with E-state index in [-0.39, 0.29) is 4.90 Å². The molecule has 122 valence electrons. The van der Waals surface area contributed by atoms with E-state index in [0.29, 0.717) is 11.3 Å². The zero-order valence-corrected chi connectivity index (χ0v) is 14.0. The second-order valence-electron chi connectivity index (χ2n) is 6.04. The van der Waals surface area contributed by atoms with Gasteiger partial charge in [-0.25, -0.2) is 13.2 Å². The first-order valence-corrected chi connectivity index (χ1v) is 8.51. The summed E-state index contributed by atoms with van der Waals surface area (Å²) >= 11 is 0. The van der Waals surface area contributed by atoms with E-state index in [1.165, 1.54) is 24.5 Å². The van der Waals surface area contributed by atoms with Crippen LogP contribution in [0.3, 0.4) is 0 Å². The van der Waals surface area contributed by atoms with Crippen LogP contribution in [0.2, 0.25) is 0 Å². The average molecular weight is 333 g/mol. The maximum Gasteiger partial charge on any atom is 0.261 e. The van der Waals surface area contributed by atoms with E-state index in [0.717, 1.165) is 4.74 Å². The van der Waals surface area contributed by atoms with E-state index in [2.05, 4.69) is 9.71 Å². The number of nitrogens with zero attached hydrogens (tertiary/aromatic N) is 2. The second kappa shape index (κ2) is 6.37. The number of nitrogens with one attached hydrogen (secondary N) is 1. The summed E-state index contributed by atoms with van der Waals surface area (Å²) in [5.41, 5.74) is 0.476. The van der Waals surface area contributed by atoms with Crippen molar-refractivity contribution in [2.45, 2.75) is 31.2 Å². The van der Waals surface area contributed by atoms with E-state index < -0.39 is 15.6 Å². The Hall–Kier alpha value is -2.41. The molecule has 0 aliphatic carbocycles. The van der Waals surface area contributed by atoms with Crippen molar-refractivity contribution in [2.24, 2.45) is 0 Å². The molecule has 0 amide bonds. The Morgan fingerprint density at radius 2 is 1.83 bits per heavy atom. The van der Waals surface area contributed by atoms with Crippen molar-refractivity contribution in [2.75, 3.05) is 4.72 Å². The molecule has 0 saturated heterocycles. The number of hydroxylamine groups is 1. The largest absolute Gasteiger partial charge is 0.623 e. The second-order valence-corrected chi connectivity index (χ2v) is 7.72. The van der Waals surface area contributed by atoms with E-state index >= 15 is 0 Å². The van der Waals surface area contributed by atoms with Crippen molar-refractivity contribution in [3.05, 3.63) is 59.6 Å². The fraction of sp³-hybridized carbons (Fsp3) is 0.250. The van der Waals surface area contributed by atoms with Gasteiger partial charge in [-0.3, -0.25) is 9.71 Å². The van der Waals surface area contributed by atoms with Gasteiger partial charge >= 0.3 is 0 Å². The highest BCUT2D eigenvalue weighted by molar-refractivity contribution is 7.92. The van der Waals surface area contributed by atoms with E-state index in [1.54, 1.807) is 51.2 Å². The highest BCUT2D eigenvalue weighted by Crippen LogP contribution is 2.15. The molecule has 0 radical (unpaired) electrons. The molecular weight excluding hydrogens is 314 g/mol. The summed E-state index contributed by atoms with van der Waals surface area (Å²) in [6, 6.07) is 9.36. The third-order valence-corrected chi connectivity index (χ3v) is 4.43. The topological polar surface area (TPSA) is 85.1 Å². The fourth-order valence-electron chi connectivity index (χ4n) is 1.70. The summed E-state index contributed by atoms with van der Waals surface area (Å²) < 4.78 is 27.8. The third-order valence-electron chi connectivity index (χ3n) is 3.03. The van der Waals surface area contributed by atoms with Gasteiger partial charge in [0.1, 0.15) is 0 Å². The van der Waals surface area contributed by atoms with Crippen molar-refractivity contribution >= 4 is 21.9 Å². The van der Waals surface area contributed by atoms with Crippen LogP contribution in [0, 0.1) is 5.21 Å². The lowest BCUT2D eigenvalue weighted by atomic mass is 10.1. The lowest BCUT2D eigenvalue weighted by Gasteiger charge is -2.18. The van der Waals surface area contributed by atoms with Crippen LogP contribution >= 0.6 is 0 Å². The molecule has 0 atom stereocenters. The van der Waals surface area contributed by atoms with E-state index in [1.807, 2.05) is 0 Å². The molecule has 7 heteroatoms. The number of rotatable bonds is 4. The van der Waals surface area contributed by atoms with Gasteiger partial charge in [0.15, 0.2) is 11.8 Å². The maximum absolute atomic E-state index is 12.3. The summed E-state index contributed by atoms with van der Waals surface area (Å²) in [6.07, 6.45) is 4.43. The predicted molar refractivity (Wildman–Crippen MR) is 90.0 cm³/mol. The molecule has 1 aromatic carbocycles. The molecule has 0 unspecified atom stereocenters.